The number of nitrogens with zero attached hydrogens (tertiary/aromatic N) is 2. The minimum atomic E-state index is -4.46. The Labute approximate surface area is 178 Å². The van der Waals surface area contributed by atoms with E-state index in [2.05, 4.69) is 20.8 Å². The molecule has 12 heteroatoms. The number of carbonyl (C=O) groups excluding carboxylic acids is 2. The highest BCUT2D eigenvalue weighted by atomic mass is 19.4. The van der Waals surface area contributed by atoms with E-state index >= 15 is 0 Å². The van der Waals surface area contributed by atoms with Crippen LogP contribution in [0, 0.1) is 0 Å². The molecule has 2 heterocycles. The van der Waals surface area contributed by atoms with Crippen molar-refractivity contribution in [2.75, 3.05) is 19.9 Å². The van der Waals surface area contributed by atoms with Crippen LogP contribution in [0.3, 0.4) is 0 Å². The molecule has 1 aromatic heterocycles. The fourth-order valence-corrected chi connectivity index (χ4v) is 2.81. The van der Waals surface area contributed by atoms with Crippen molar-refractivity contribution in [3.05, 3.63) is 59.5 Å². The third-order valence-electron chi connectivity index (χ3n) is 4.42. The van der Waals surface area contributed by atoms with Gasteiger partial charge in [-0.1, -0.05) is 17.3 Å². The Bertz CT molecular complexity index is 1140. The number of hydrogen-bond acceptors (Lipinski definition) is 7. The van der Waals surface area contributed by atoms with Crippen molar-refractivity contribution in [2.45, 2.75) is 6.18 Å². The molecule has 0 spiro atoms. The van der Waals surface area contributed by atoms with Gasteiger partial charge in [-0.15, -0.1) is 0 Å². The first-order valence-corrected chi connectivity index (χ1v) is 9.28. The quantitative estimate of drug-likeness (QED) is 0.557. The number of ether oxygens (including phenoxy) is 2. The Morgan fingerprint density at radius 1 is 0.938 bits per heavy atom. The molecule has 0 aliphatic carbocycles. The van der Waals surface area contributed by atoms with Gasteiger partial charge in [0.1, 0.15) is 0 Å². The van der Waals surface area contributed by atoms with Crippen LogP contribution in [-0.4, -0.2) is 41.8 Å². The van der Waals surface area contributed by atoms with Gasteiger partial charge in [0, 0.05) is 24.2 Å². The number of hydrogen-bond donors (Lipinski definition) is 2. The van der Waals surface area contributed by atoms with E-state index in [1.807, 2.05) is 0 Å². The first-order valence-electron chi connectivity index (χ1n) is 9.28. The maximum absolute atomic E-state index is 12.6. The molecule has 9 nitrogen and oxygen atoms in total. The van der Waals surface area contributed by atoms with E-state index in [-0.39, 0.29) is 43.1 Å². The largest absolute Gasteiger partial charge is 0.454 e. The molecule has 0 saturated carbocycles. The maximum Gasteiger partial charge on any atom is 0.416 e. The molecule has 166 valence electrons. The third-order valence-corrected chi connectivity index (χ3v) is 4.42. The normalized spacial score (nSPS) is 12.5. The van der Waals surface area contributed by atoms with E-state index < -0.39 is 17.6 Å². The second-order valence-electron chi connectivity index (χ2n) is 6.58. The summed E-state index contributed by atoms with van der Waals surface area (Å²) in [6.45, 7) is 0.300. The Kier molecular flexibility index (Phi) is 5.67. The molecule has 2 aromatic carbocycles. The first-order chi connectivity index (χ1) is 15.3. The van der Waals surface area contributed by atoms with Gasteiger partial charge in [-0.05, 0) is 30.3 Å². The second kappa shape index (κ2) is 8.57. The van der Waals surface area contributed by atoms with Crippen LogP contribution in [0.25, 0.3) is 11.4 Å². The zero-order chi connectivity index (χ0) is 22.7. The average molecular weight is 448 g/mol. The number of nitrogens with one attached hydrogen (secondary N) is 2. The van der Waals surface area contributed by atoms with E-state index in [0.29, 0.717) is 17.1 Å². The highest BCUT2D eigenvalue weighted by Crippen LogP contribution is 2.32. The van der Waals surface area contributed by atoms with Crippen LogP contribution in [0.1, 0.15) is 26.6 Å². The van der Waals surface area contributed by atoms with Crippen molar-refractivity contribution in [1.29, 1.82) is 0 Å². The van der Waals surface area contributed by atoms with Gasteiger partial charge in [0.25, 0.3) is 5.91 Å². The summed E-state index contributed by atoms with van der Waals surface area (Å²) in [4.78, 5) is 28.2. The summed E-state index contributed by atoms with van der Waals surface area (Å²) >= 11 is 0. The number of benzene rings is 2. The number of fused-ring (bicyclic) bond motifs is 1. The van der Waals surface area contributed by atoms with Crippen molar-refractivity contribution in [3.8, 4) is 22.9 Å². The van der Waals surface area contributed by atoms with Crippen molar-refractivity contribution >= 4 is 11.8 Å². The lowest BCUT2D eigenvalue weighted by atomic mass is 10.1. The molecule has 4 rings (SSSR count). The lowest BCUT2D eigenvalue weighted by molar-refractivity contribution is -0.137. The zero-order valence-electron chi connectivity index (χ0n) is 16.2. The minimum absolute atomic E-state index is 0.0278. The molecule has 0 radical (unpaired) electrons. The van der Waals surface area contributed by atoms with E-state index in [0.717, 1.165) is 12.1 Å². The molecular formula is C20H15F3N4O5. The average Bonchev–Trinajstić information content (AvgIpc) is 3.45. The molecule has 0 fully saturated rings. The molecule has 1 aliphatic rings. The lowest BCUT2D eigenvalue weighted by Crippen LogP contribution is -2.34. The topological polar surface area (TPSA) is 116 Å². The van der Waals surface area contributed by atoms with Gasteiger partial charge in [0.2, 0.25) is 12.6 Å². The standard InChI is InChI=1S/C20H15F3N4O5/c21-20(22,23)13-4-1-11(2-5-13)16-26-19(32-27-16)18(29)25-8-7-24-17(28)12-3-6-14-15(9-12)31-10-30-14/h1-6,9H,7-8,10H2,(H,24,28)(H,25,29). The summed E-state index contributed by atoms with van der Waals surface area (Å²) in [5.41, 5.74) is -0.180. The number of halogens is 3. The molecule has 0 saturated heterocycles. The number of carbonyl (C=O) groups is 2. The Hall–Kier alpha value is -4.09. The zero-order valence-corrected chi connectivity index (χ0v) is 16.2. The van der Waals surface area contributed by atoms with Gasteiger partial charge in [0.05, 0.1) is 5.56 Å². The first kappa shape index (κ1) is 21.2. The summed E-state index contributed by atoms with van der Waals surface area (Å²) in [6, 6.07) is 8.90. The van der Waals surface area contributed by atoms with Crippen LogP contribution in [0.4, 0.5) is 13.2 Å². The van der Waals surface area contributed by atoms with Crippen LogP contribution < -0.4 is 20.1 Å². The molecule has 0 atom stereocenters. The molecule has 32 heavy (non-hydrogen) atoms. The van der Waals surface area contributed by atoms with Crippen LogP contribution >= 0.6 is 0 Å². The van der Waals surface area contributed by atoms with E-state index in [1.54, 1.807) is 18.2 Å². The van der Waals surface area contributed by atoms with Crippen molar-refractivity contribution in [3.63, 3.8) is 0 Å². The maximum atomic E-state index is 12.6. The van der Waals surface area contributed by atoms with Gasteiger partial charge in [-0.25, -0.2) is 0 Å². The summed E-state index contributed by atoms with van der Waals surface area (Å²) < 4.78 is 53.2. The molecule has 3 aromatic rings. The SMILES string of the molecule is O=C(NCCNC(=O)c1nc(-c2ccc(C(F)(F)F)cc2)no1)c1ccc2c(c1)OCO2. The van der Waals surface area contributed by atoms with Gasteiger partial charge in [-0.3, -0.25) is 9.59 Å². The number of amides is 2. The predicted octanol–water partition coefficient (Wildman–Crippen LogP) is 2.64. The van der Waals surface area contributed by atoms with Crippen LogP contribution in [-0.2, 0) is 6.18 Å². The van der Waals surface area contributed by atoms with Crippen molar-refractivity contribution < 1.29 is 36.8 Å². The molecule has 0 bridgehead atoms. The second-order valence-corrected chi connectivity index (χ2v) is 6.58. The van der Waals surface area contributed by atoms with Gasteiger partial charge < -0.3 is 24.6 Å². The highest BCUT2D eigenvalue weighted by molar-refractivity contribution is 5.95. The monoisotopic (exact) mass is 448 g/mol. The number of aromatic nitrogens is 2. The third kappa shape index (κ3) is 4.63. The molecule has 2 amide bonds. The Balaban J connectivity index is 1.27. The van der Waals surface area contributed by atoms with Gasteiger partial charge in [-0.2, -0.15) is 18.2 Å². The lowest BCUT2D eigenvalue weighted by Gasteiger charge is -2.06. The minimum Gasteiger partial charge on any atom is -0.454 e. The van der Waals surface area contributed by atoms with E-state index in [1.165, 1.54) is 12.1 Å². The van der Waals surface area contributed by atoms with Crippen molar-refractivity contribution in [1.82, 2.24) is 20.8 Å². The van der Waals surface area contributed by atoms with E-state index in [9.17, 15) is 22.8 Å². The molecule has 0 unspecified atom stereocenters. The predicted molar refractivity (Wildman–Crippen MR) is 102 cm³/mol. The van der Waals surface area contributed by atoms with Crippen LogP contribution in [0.5, 0.6) is 11.5 Å². The van der Waals surface area contributed by atoms with Crippen LogP contribution in [0.2, 0.25) is 0 Å². The Morgan fingerprint density at radius 2 is 1.62 bits per heavy atom. The summed E-state index contributed by atoms with van der Waals surface area (Å²) in [7, 11) is 0. The smallest absolute Gasteiger partial charge is 0.416 e. The fraction of sp³-hybridized carbons (Fsp3) is 0.200. The van der Waals surface area contributed by atoms with E-state index in [4.69, 9.17) is 14.0 Å². The molecule has 2 N–H and O–H groups in total. The van der Waals surface area contributed by atoms with Gasteiger partial charge >= 0.3 is 18.0 Å². The summed E-state index contributed by atoms with van der Waals surface area (Å²) in [5.74, 6) is -0.398. The van der Waals surface area contributed by atoms with Crippen molar-refractivity contribution in [2.24, 2.45) is 0 Å². The highest BCUT2D eigenvalue weighted by Gasteiger charge is 2.30. The molecule has 1 aliphatic heterocycles. The van der Waals surface area contributed by atoms with Gasteiger partial charge in [0.15, 0.2) is 11.5 Å². The number of rotatable bonds is 6. The Morgan fingerprint density at radius 3 is 2.34 bits per heavy atom. The fourth-order valence-electron chi connectivity index (χ4n) is 2.81. The summed E-state index contributed by atoms with van der Waals surface area (Å²) in [6.07, 6.45) is -4.46. The molecular weight excluding hydrogens is 433 g/mol. The summed E-state index contributed by atoms with van der Waals surface area (Å²) in [5, 5.41) is 8.74. The van der Waals surface area contributed by atoms with Crippen LogP contribution in [0.15, 0.2) is 47.0 Å². The number of alkyl halides is 3.